The Labute approximate surface area is 167 Å². The summed E-state index contributed by atoms with van der Waals surface area (Å²) in [4.78, 5) is 25.1. The fourth-order valence-corrected chi connectivity index (χ4v) is 2.87. The van der Waals surface area contributed by atoms with E-state index in [0.717, 1.165) is 11.4 Å². The lowest BCUT2D eigenvalue weighted by atomic mass is 10.1. The third kappa shape index (κ3) is 4.32. The van der Waals surface area contributed by atoms with Crippen LogP contribution in [0.15, 0.2) is 48.5 Å². The first kappa shape index (κ1) is 19.4. The molecule has 0 aliphatic rings. The first-order valence-corrected chi connectivity index (χ1v) is 8.97. The summed E-state index contributed by atoms with van der Waals surface area (Å²) in [5.74, 6) is -0.332. The molecule has 0 bridgehead atoms. The van der Waals surface area contributed by atoms with E-state index in [-0.39, 0.29) is 5.91 Å². The van der Waals surface area contributed by atoms with Gasteiger partial charge in [0.15, 0.2) is 0 Å². The molecular weight excluding hydrogens is 378 g/mol. The second kappa shape index (κ2) is 8.14. The number of nitrogens with one attached hydrogen (secondary N) is 3. The summed E-state index contributed by atoms with van der Waals surface area (Å²) in [6, 6.07) is 13.1. The number of aromatic nitrogens is 2. The molecule has 0 aliphatic carbocycles. The molecule has 3 N–H and O–H groups in total. The Bertz CT molecular complexity index is 1030. The molecule has 0 spiro atoms. The van der Waals surface area contributed by atoms with Gasteiger partial charge < -0.3 is 16.0 Å². The van der Waals surface area contributed by atoms with Crippen molar-refractivity contribution in [3.8, 4) is 0 Å². The maximum Gasteiger partial charge on any atom is 0.323 e. The van der Waals surface area contributed by atoms with E-state index in [4.69, 9.17) is 11.6 Å². The summed E-state index contributed by atoms with van der Waals surface area (Å²) in [5.41, 5.74) is 3.55. The zero-order chi connectivity index (χ0) is 20.3. The molecular formula is C20H20ClN5O2. The first-order chi connectivity index (χ1) is 13.3. The smallest absolute Gasteiger partial charge is 0.319 e. The molecule has 3 aromatic rings. The minimum atomic E-state index is -0.462. The molecule has 2 aromatic carbocycles. The highest BCUT2D eigenvalue weighted by atomic mass is 35.5. The van der Waals surface area contributed by atoms with Gasteiger partial charge in [-0.2, -0.15) is 5.10 Å². The predicted molar refractivity (Wildman–Crippen MR) is 111 cm³/mol. The van der Waals surface area contributed by atoms with Crippen LogP contribution in [0.5, 0.6) is 0 Å². The van der Waals surface area contributed by atoms with Crippen molar-refractivity contribution in [3.63, 3.8) is 0 Å². The number of rotatable bonds is 4. The number of anilines is 3. The zero-order valence-electron chi connectivity index (χ0n) is 15.7. The van der Waals surface area contributed by atoms with Crippen LogP contribution in [0.4, 0.5) is 21.9 Å². The van der Waals surface area contributed by atoms with E-state index >= 15 is 0 Å². The summed E-state index contributed by atoms with van der Waals surface area (Å²) in [6.45, 7) is 3.70. The Hall–Kier alpha value is -3.32. The average molecular weight is 398 g/mol. The Balaban J connectivity index is 1.76. The topological polar surface area (TPSA) is 88.1 Å². The third-order valence-electron chi connectivity index (χ3n) is 4.27. The van der Waals surface area contributed by atoms with Crippen LogP contribution in [0.1, 0.15) is 21.7 Å². The van der Waals surface area contributed by atoms with Crippen LogP contribution in [0.25, 0.3) is 0 Å². The highest BCUT2D eigenvalue weighted by Crippen LogP contribution is 2.22. The minimum Gasteiger partial charge on any atom is -0.319 e. The normalized spacial score (nSPS) is 10.4. The standard InChI is InChI=1S/C20H20ClN5O2/c1-12-18(13(2)26(3)25-12)24-19(27)16-6-4-5-7-17(16)23-20(28)22-15-10-8-14(21)9-11-15/h4-11H,1-3H3,(H,24,27)(H2,22,23,28). The van der Waals surface area contributed by atoms with Crippen molar-refractivity contribution < 1.29 is 9.59 Å². The van der Waals surface area contributed by atoms with E-state index in [2.05, 4.69) is 21.0 Å². The zero-order valence-corrected chi connectivity index (χ0v) is 16.5. The van der Waals surface area contributed by atoms with Crippen molar-refractivity contribution in [1.82, 2.24) is 9.78 Å². The van der Waals surface area contributed by atoms with Gasteiger partial charge in [0.1, 0.15) is 0 Å². The van der Waals surface area contributed by atoms with Crippen LogP contribution in [0.3, 0.4) is 0 Å². The molecule has 1 aromatic heterocycles. The molecule has 8 heteroatoms. The number of amides is 3. The number of aryl methyl sites for hydroxylation is 2. The predicted octanol–water partition coefficient (Wildman–Crippen LogP) is 4.59. The number of benzene rings is 2. The molecule has 0 radical (unpaired) electrons. The van der Waals surface area contributed by atoms with Crippen LogP contribution in [0, 0.1) is 13.8 Å². The molecule has 0 unspecified atom stereocenters. The van der Waals surface area contributed by atoms with Gasteiger partial charge >= 0.3 is 6.03 Å². The summed E-state index contributed by atoms with van der Waals surface area (Å²) < 4.78 is 1.70. The molecule has 3 amide bonds. The van der Waals surface area contributed by atoms with Crippen LogP contribution in [-0.2, 0) is 7.05 Å². The van der Waals surface area contributed by atoms with Gasteiger partial charge in [-0.1, -0.05) is 23.7 Å². The quantitative estimate of drug-likeness (QED) is 0.601. The number of carbonyl (C=O) groups is 2. The summed E-state index contributed by atoms with van der Waals surface area (Å²) in [7, 11) is 1.81. The van der Waals surface area contributed by atoms with Crippen molar-refractivity contribution in [2.45, 2.75) is 13.8 Å². The number of carbonyl (C=O) groups excluding carboxylic acids is 2. The summed E-state index contributed by atoms with van der Waals surface area (Å²) in [5, 5.41) is 13.2. The minimum absolute atomic E-state index is 0.332. The van der Waals surface area contributed by atoms with E-state index in [1.807, 2.05) is 20.9 Å². The van der Waals surface area contributed by atoms with E-state index in [0.29, 0.717) is 27.6 Å². The van der Waals surface area contributed by atoms with Gasteiger partial charge in [-0.3, -0.25) is 9.48 Å². The molecule has 144 valence electrons. The van der Waals surface area contributed by atoms with Crippen LogP contribution in [-0.4, -0.2) is 21.7 Å². The second-order valence-corrected chi connectivity index (χ2v) is 6.69. The van der Waals surface area contributed by atoms with Crippen LogP contribution in [0.2, 0.25) is 5.02 Å². The van der Waals surface area contributed by atoms with E-state index in [1.54, 1.807) is 53.2 Å². The molecule has 1 heterocycles. The van der Waals surface area contributed by atoms with Crippen molar-refractivity contribution in [2.24, 2.45) is 7.05 Å². The molecule has 0 saturated carbocycles. The van der Waals surface area contributed by atoms with Crippen molar-refractivity contribution >= 4 is 40.6 Å². The highest BCUT2D eigenvalue weighted by molar-refractivity contribution is 6.30. The molecule has 28 heavy (non-hydrogen) atoms. The molecule has 7 nitrogen and oxygen atoms in total. The number of urea groups is 1. The van der Waals surface area contributed by atoms with Gasteiger partial charge in [0.25, 0.3) is 5.91 Å². The van der Waals surface area contributed by atoms with Gasteiger partial charge in [0, 0.05) is 17.8 Å². The van der Waals surface area contributed by atoms with Crippen molar-refractivity contribution in [2.75, 3.05) is 16.0 Å². The number of hydrogen-bond acceptors (Lipinski definition) is 3. The first-order valence-electron chi connectivity index (χ1n) is 8.59. The lowest BCUT2D eigenvalue weighted by Gasteiger charge is -2.12. The Morgan fingerprint density at radius 3 is 2.29 bits per heavy atom. The molecule has 0 saturated heterocycles. The van der Waals surface area contributed by atoms with Crippen LogP contribution < -0.4 is 16.0 Å². The molecule has 0 aliphatic heterocycles. The van der Waals surface area contributed by atoms with Gasteiger partial charge in [-0.05, 0) is 50.2 Å². The van der Waals surface area contributed by atoms with E-state index in [1.165, 1.54) is 0 Å². The molecule has 0 fully saturated rings. The molecule has 0 atom stereocenters. The summed E-state index contributed by atoms with van der Waals surface area (Å²) >= 11 is 5.85. The lowest BCUT2D eigenvalue weighted by Crippen LogP contribution is -2.22. The SMILES string of the molecule is Cc1nn(C)c(C)c1NC(=O)c1ccccc1NC(=O)Nc1ccc(Cl)cc1. The fourth-order valence-electron chi connectivity index (χ4n) is 2.74. The average Bonchev–Trinajstić information content (AvgIpc) is 2.90. The van der Waals surface area contributed by atoms with Gasteiger partial charge in [-0.25, -0.2) is 4.79 Å². The Morgan fingerprint density at radius 1 is 0.964 bits per heavy atom. The second-order valence-electron chi connectivity index (χ2n) is 6.26. The van der Waals surface area contributed by atoms with Crippen LogP contribution >= 0.6 is 11.6 Å². The molecule has 3 rings (SSSR count). The van der Waals surface area contributed by atoms with E-state index < -0.39 is 6.03 Å². The number of nitrogens with zero attached hydrogens (tertiary/aromatic N) is 2. The lowest BCUT2D eigenvalue weighted by molar-refractivity contribution is 0.102. The largest absolute Gasteiger partial charge is 0.323 e. The Morgan fingerprint density at radius 2 is 1.64 bits per heavy atom. The third-order valence-corrected chi connectivity index (χ3v) is 4.52. The van der Waals surface area contributed by atoms with Gasteiger partial charge in [0.05, 0.1) is 28.3 Å². The fraction of sp³-hybridized carbons (Fsp3) is 0.150. The summed E-state index contributed by atoms with van der Waals surface area (Å²) in [6.07, 6.45) is 0. The van der Waals surface area contributed by atoms with Crippen molar-refractivity contribution in [3.05, 3.63) is 70.5 Å². The van der Waals surface area contributed by atoms with Crippen molar-refractivity contribution in [1.29, 1.82) is 0 Å². The number of hydrogen-bond donors (Lipinski definition) is 3. The van der Waals surface area contributed by atoms with E-state index in [9.17, 15) is 9.59 Å². The monoisotopic (exact) mass is 397 g/mol. The number of para-hydroxylation sites is 1. The maximum absolute atomic E-state index is 12.8. The number of halogens is 1. The Kier molecular flexibility index (Phi) is 5.65. The van der Waals surface area contributed by atoms with Gasteiger partial charge in [0.2, 0.25) is 0 Å². The maximum atomic E-state index is 12.8. The highest BCUT2D eigenvalue weighted by Gasteiger charge is 2.17. The van der Waals surface area contributed by atoms with Gasteiger partial charge in [-0.15, -0.1) is 0 Å².